The van der Waals surface area contributed by atoms with Gasteiger partial charge in [-0.2, -0.15) is 11.8 Å². The van der Waals surface area contributed by atoms with Gasteiger partial charge in [-0.25, -0.2) is 0 Å². The third-order valence-electron chi connectivity index (χ3n) is 4.20. The number of methoxy groups -OCH3 is 1. The van der Waals surface area contributed by atoms with Gasteiger partial charge in [0.05, 0.1) is 7.11 Å². The number of aryl methyl sites for hydroxylation is 1. The summed E-state index contributed by atoms with van der Waals surface area (Å²) in [5.74, 6) is 0.0213. The van der Waals surface area contributed by atoms with Crippen molar-refractivity contribution in [3.8, 4) is 5.75 Å². The van der Waals surface area contributed by atoms with E-state index in [4.69, 9.17) is 4.74 Å². The Morgan fingerprint density at radius 1 is 0.931 bits per heavy atom. The summed E-state index contributed by atoms with van der Waals surface area (Å²) in [4.78, 5) is 37.2. The van der Waals surface area contributed by atoms with Crippen LogP contribution < -0.4 is 20.9 Å². The van der Waals surface area contributed by atoms with Gasteiger partial charge >= 0.3 is 0 Å². The van der Waals surface area contributed by atoms with Gasteiger partial charge in [-0.15, -0.1) is 0 Å². The van der Waals surface area contributed by atoms with Gasteiger partial charge in [0.1, 0.15) is 11.8 Å². The van der Waals surface area contributed by atoms with Gasteiger partial charge in [0.15, 0.2) is 0 Å². The topological polar surface area (TPSA) is 96.5 Å². The van der Waals surface area contributed by atoms with Crippen LogP contribution in [0.15, 0.2) is 48.5 Å². The Morgan fingerprint density at radius 2 is 1.52 bits per heavy atom. The molecule has 0 saturated heterocycles. The lowest BCUT2D eigenvalue weighted by Gasteiger charge is -2.18. The number of amides is 3. The Kier molecular flexibility index (Phi) is 8.54. The second-order valence-corrected chi connectivity index (χ2v) is 7.33. The molecule has 29 heavy (non-hydrogen) atoms. The lowest BCUT2D eigenvalue weighted by atomic mass is 10.1. The molecule has 2 rings (SSSR count). The molecule has 0 aliphatic heterocycles. The number of hydrazine groups is 1. The molecule has 3 N–H and O–H groups in total. The summed E-state index contributed by atoms with van der Waals surface area (Å²) in [7, 11) is 1.54. The van der Waals surface area contributed by atoms with Crippen molar-refractivity contribution in [2.24, 2.45) is 0 Å². The molecule has 3 amide bonds. The number of hydrogen-bond acceptors (Lipinski definition) is 5. The van der Waals surface area contributed by atoms with E-state index in [0.29, 0.717) is 29.1 Å². The van der Waals surface area contributed by atoms with Gasteiger partial charge in [-0.05, 0) is 61.8 Å². The number of carbonyl (C=O) groups is 3. The van der Waals surface area contributed by atoms with Gasteiger partial charge in [-0.3, -0.25) is 25.2 Å². The second kappa shape index (κ2) is 11.1. The lowest BCUT2D eigenvalue weighted by Crippen LogP contribution is -2.52. The number of hydrogen-bond donors (Lipinski definition) is 3. The number of carbonyl (C=O) groups excluding carboxylic acids is 3. The number of nitrogens with one attached hydrogen (secondary N) is 3. The van der Waals surface area contributed by atoms with Crippen LogP contribution in [0.1, 0.15) is 32.7 Å². The first kappa shape index (κ1) is 22.3. The predicted molar refractivity (Wildman–Crippen MR) is 114 cm³/mol. The van der Waals surface area contributed by atoms with Gasteiger partial charge in [-0.1, -0.05) is 17.7 Å². The van der Waals surface area contributed by atoms with E-state index >= 15 is 0 Å². The molecule has 2 aromatic carbocycles. The molecule has 0 bridgehead atoms. The van der Waals surface area contributed by atoms with Crippen LogP contribution in [0.3, 0.4) is 0 Å². The van der Waals surface area contributed by atoms with Gasteiger partial charge in [0, 0.05) is 11.1 Å². The van der Waals surface area contributed by atoms with Crippen LogP contribution in [-0.4, -0.2) is 42.9 Å². The summed E-state index contributed by atoms with van der Waals surface area (Å²) < 4.78 is 5.08. The molecule has 8 heteroatoms. The molecule has 0 heterocycles. The minimum Gasteiger partial charge on any atom is -0.497 e. The summed E-state index contributed by atoms with van der Waals surface area (Å²) in [6.07, 6.45) is 2.34. The molecule has 154 valence electrons. The average Bonchev–Trinajstić information content (AvgIpc) is 2.75. The quantitative estimate of drug-likeness (QED) is 0.575. The van der Waals surface area contributed by atoms with Crippen LogP contribution in [0, 0.1) is 6.92 Å². The van der Waals surface area contributed by atoms with E-state index in [-0.39, 0.29) is 5.91 Å². The number of thioether (sulfide) groups is 1. The van der Waals surface area contributed by atoms with Gasteiger partial charge < -0.3 is 10.1 Å². The molecular weight excluding hydrogens is 390 g/mol. The van der Waals surface area contributed by atoms with Crippen LogP contribution in [-0.2, 0) is 4.79 Å². The first-order valence-corrected chi connectivity index (χ1v) is 10.4. The van der Waals surface area contributed by atoms with Crippen molar-refractivity contribution in [2.75, 3.05) is 19.1 Å². The largest absolute Gasteiger partial charge is 0.497 e. The zero-order chi connectivity index (χ0) is 21.2. The number of rotatable bonds is 8. The SMILES string of the molecule is COc1ccc(C(=O)N[C@H](CCSC)C(=O)NNC(=O)c2ccc(C)cc2)cc1. The van der Waals surface area contributed by atoms with Crippen molar-refractivity contribution >= 4 is 29.5 Å². The highest BCUT2D eigenvalue weighted by atomic mass is 32.2. The third-order valence-corrected chi connectivity index (χ3v) is 4.84. The van der Waals surface area contributed by atoms with Crippen LogP contribution in [0.25, 0.3) is 0 Å². The molecule has 0 aliphatic rings. The fourth-order valence-corrected chi connectivity index (χ4v) is 2.94. The molecule has 0 aromatic heterocycles. The maximum absolute atomic E-state index is 12.5. The van der Waals surface area contributed by atoms with Gasteiger partial charge in [0.25, 0.3) is 17.7 Å². The Bertz CT molecular complexity index is 838. The zero-order valence-electron chi connectivity index (χ0n) is 16.7. The fourth-order valence-electron chi connectivity index (χ4n) is 2.47. The summed E-state index contributed by atoms with van der Waals surface area (Å²) in [5.41, 5.74) is 6.66. The molecule has 7 nitrogen and oxygen atoms in total. The standard InChI is InChI=1S/C21H25N3O4S/c1-14-4-6-16(7-5-14)20(26)23-24-21(27)18(12-13-29-3)22-19(25)15-8-10-17(28-2)11-9-15/h4-11,18H,12-13H2,1-3H3,(H,22,25)(H,23,26)(H,24,27)/t18-/m1/s1. The van der Waals surface area contributed by atoms with Crippen molar-refractivity contribution in [3.63, 3.8) is 0 Å². The van der Waals surface area contributed by atoms with E-state index < -0.39 is 17.9 Å². The molecule has 0 saturated carbocycles. The predicted octanol–water partition coefficient (Wildman–Crippen LogP) is 2.32. The molecule has 0 spiro atoms. The Labute approximate surface area is 174 Å². The minimum absolute atomic E-state index is 0.376. The molecule has 0 fully saturated rings. The molecule has 0 unspecified atom stereocenters. The van der Waals surface area contributed by atoms with Crippen LogP contribution in [0.5, 0.6) is 5.75 Å². The first-order valence-electron chi connectivity index (χ1n) is 9.05. The van der Waals surface area contributed by atoms with E-state index in [1.165, 1.54) is 0 Å². The molecule has 0 aliphatic carbocycles. The summed E-state index contributed by atoms with van der Waals surface area (Å²) in [6, 6.07) is 12.8. The molecule has 0 radical (unpaired) electrons. The number of ether oxygens (including phenoxy) is 1. The maximum Gasteiger partial charge on any atom is 0.269 e. The van der Waals surface area contributed by atoms with Crippen molar-refractivity contribution in [1.82, 2.24) is 16.2 Å². The Morgan fingerprint density at radius 3 is 2.10 bits per heavy atom. The molecule has 2 aromatic rings. The fraction of sp³-hybridized carbons (Fsp3) is 0.286. The summed E-state index contributed by atoms with van der Waals surface area (Å²) >= 11 is 1.56. The lowest BCUT2D eigenvalue weighted by molar-refractivity contribution is -0.123. The average molecular weight is 416 g/mol. The molecular formula is C21H25N3O4S. The van der Waals surface area contributed by atoms with Crippen molar-refractivity contribution < 1.29 is 19.1 Å². The smallest absolute Gasteiger partial charge is 0.269 e. The summed E-state index contributed by atoms with van der Waals surface area (Å²) in [6.45, 7) is 1.92. The highest BCUT2D eigenvalue weighted by Gasteiger charge is 2.22. The van der Waals surface area contributed by atoms with Crippen molar-refractivity contribution in [3.05, 3.63) is 65.2 Å². The highest BCUT2D eigenvalue weighted by Crippen LogP contribution is 2.12. The van der Waals surface area contributed by atoms with E-state index in [2.05, 4.69) is 16.2 Å². The normalized spacial score (nSPS) is 11.3. The summed E-state index contributed by atoms with van der Waals surface area (Å²) in [5, 5.41) is 2.72. The monoisotopic (exact) mass is 415 g/mol. The van der Waals surface area contributed by atoms with E-state index in [1.807, 2.05) is 25.3 Å². The Hall–Kier alpha value is -3.00. The van der Waals surface area contributed by atoms with E-state index in [9.17, 15) is 14.4 Å². The third kappa shape index (κ3) is 6.83. The highest BCUT2D eigenvalue weighted by molar-refractivity contribution is 7.98. The first-order chi connectivity index (χ1) is 13.9. The van der Waals surface area contributed by atoms with Crippen LogP contribution in [0.2, 0.25) is 0 Å². The van der Waals surface area contributed by atoms with Crippen molar-refractivity contribution in [2.45, 2.75) is 19.4 Å². The molecule has 1 atom stereocenters. The van der Waals surface area contributed by atoms with E-state index in [0.717, 1.165) is 5.56 Å². The van der Waals surface area contributed by atoms with E-state index in [1.54, 1.807) is 55.3 Å². The zero-order valence-corrected chi connectivity index (χ0v) is 17.5. The maximum atomic E-state index is 12.5. The Balaban J connectivity index is 1.97. The minimum atomic E-state index is -0.782. The second-order valence-electron chi connectivity index (χ2n) is 6.35. The van der Waals surface area contributed by atoms with Crippen LogP contribution >= 0.6 is 11.8 Å². The number of benzene rings is 2. The van der Waals surface area contributed by atoms with Crippen molar-refractivity contribution in [1.29, 1.82) is 0 Å². The van der Waals surface area contributed by atoms with Crippen LogP contribution in [0.4, 0.5) is 0 Å². The van der Waals surface area contributed by atoms with Gasteiger partial charge in [0.2, 0.25) is 0 Å².